The van der Waals surface area contributed by atoms with Crippen molar-refractivity contribution in [2.75, 3.05) is 7.05 Å². The zero-order chi connectivity index (χ0) is 20.4. The molecule has 2 aliphatic rings. The van der Waals surface area contributed by atoms with Crippen molar-refractivity contribution < 1.29 is 19.2 Å². The molecule has 0 aliphatic carbocycles. The number of benzene rings is 3. The molecule has 29 heavy (non-hydrogen) atoms. The SMILES string of the molecule is CC(c1ccccc1)N1C(=O)c2ccc3c4c(ccc(c24)C1=O)C(=O)N(C)C3=O. The molecule has 0 fully saturated rings. The van der Waals surface area contributed by atoms with Crippen molar-refractivity contribution >= 4 is 34.4 Å². The van der Waals surface area contributed by atoms with Gasteiger partial charge in [0.05, 0.1) is 6.04 Å². The van der Waals surface area contributed by atoms with Crippen molar-refractivity contribution in [3.63, 3.8) is 0 Å². The highest BCUT2D eigenvalue weighted by Crippen LogP contribution is 2.39. The highest BCUT2D eigenvalue weighted by atomic mass is 16.2. The molecule has 142 valence electrons. The Bertz CT molecular complexity index is 1190. The van der Waals surface area contributed by atoms with Crippen LogP contribution in [0, 0.1) is 0 Å². The Labute approximate surface area is 166 Å². The fourth-order valence-corrected chi connectivity index (χ4v) is 4.25. The van der Waals surface area contributed by atoms with E-state index >= 15 is 0 Å². The third kappa shape index (κ3) is 2.17. The second-order valence-corrected chi connectivity index (χ2v) is 7.31. The van der Waals surface area contributed by atoms with Gasteiger partial charge in [-0.05, 0) is 36.8 Å². The topological polar surface area (TPSA) is 74.8 Å². The van der Waals surface area contributed by atoms with E-state index in [-0.39, 0.29) is 0 Å². The third-order valence-corrected chi connectivity index (χ3v) is 5.80. The lowest BCUT2D eigenvalue weighted by Crippen LogP contribution is -2.43. The molecular formula is C23H16N2O4. The van der Waals surface area contributed by atoms with Gasteiger partial charge in [-0.3, -0.25) is 29.0 Å². The average molecular weight is 384 g/mol. The van der Waals surface area contributed by atoms with Crippen LogP contribution in [0.2, 0.25) is 0 Å². The predicted octanol–water partition coefficient (Wildman–Crippen LogP) is 3.42. The van der Waals surface area contributed by atoms with Gasteiger partial charge in [0.15, 0.2) is 0 Å². The van der Waals surface area contributed by atoms with E-state index in [9.17, 15) is 19.2 Å². The smallest absolute Gasteiger partial charge is 0.261 e. The van der Waals surface area contributed by atoms with Crippen molar-refractivity contribution in [2.24, 2.45) is 0 Å². The van der Waals surface area contributed by atoms with Crippen LogP contribution < -0.4 is 0 Å². The molecule has 0 saturated carbocycles. The number of hydrogen-bond acceptors (Lipinski definition) is 4. The number of hydrogen-bond donors (Lipinski definition) is 0. The molecule has 1 unspecified atom stereocenters. The molecule has 0 saturated heterocycles. The summed E-state index contributed by atoms with van der Waals surface area (Å²) in [5, 5.41) is 0.781. The van der Waals surface area contributed by atoms with E-state index in [0.29, 0.717) is 33.0 Å². The van der Waals surface area contributed by atoms with Crippen LogP contribution in [0.4, 0.5) is 0 Å². The lowest BCUT2D eigenvalue weighted by atomic mass is 9.85. The molecule has 4 amide bonds. The minimum atomic E-state index is -0.457. The first-order valence-corrected chi connectivity index (χ1v) is 9.26. The predicted molar refractivity (Wildman–Crippen MR) is 106 cm³/mol. The van der Waals surface area contributed by atoms with Crippen LogP contribution in [0.3, 0.4) is 0 Å². The van der Waals surface area contributed by atoms with E-state index in [0.717, 1.165) is 10.5 Å². The molecule has 0 radical (unpaired) electrons. The lowest BCUT2D eigenvalue weighted by Gasteiger charge is -2.34. The van der Waals surface area contributed by atoms with E-state index < -0.39 is 29.7 Å². The molecule has 2 aliphatic heterocycles. The summed E-state index contributed by atoms with van der Waals surface area (Å²) in [6, 6.07) is 15.2. The summed E-state index contributed by atoms with van der Waals surface area (Å²) >= 11 is 0. The second-order valence-electron chi connectivity index (χ2n) is 7.31. The average Bonchev–Trinajstić information content (AvgIpc) is 2.75. The normalized spacial score (nSPS) is 16.6. The number of amides is 4. The first-order valence-electron chi connectivity index (χ1n) is 9.26. The molecule has 1 atom stereocenters. The fourth-order valence-electron chi connectivity index (χ4n) is 4.25. The summed E-state index contributed by atoms with van der Waals surface area (Å²) < 4.78 is 0. The molecule has 3 aromatic carbocycles. The van der Waals surface area contributed by atoms with Crippen LogP contribution in [-0.2, 0) is 0 Å². The van der Waals surface area contributed by atoms with E-state index in [1.807, 2.05) is 30.3 Å². The molecule has 0 bridgehead atoms. The highest BCUT2D eigenvalue weighted by molar-refractivity contribution is 6.33. The molecule has 0 N–H and O–H groups in total. The molecule has 2 heterocycles. The molecule has 6 heteroatoms. The number of carbonyl (C=O) groups excluding carboxylic acids is 4. The summed E-state index contributed by atoms with van der Waals surface area (Å²) in [5.41, 5.74) is 2.15. The van der Waals surface area contributed by atoms with Crippen molar-refractivity contribution in [2.45, 2.75) is 13.0 Å². The van der Waals surface area contributed by atoms with Crippen LogP contribution in [0.5, 0.6) is 0 Å². The minimum Gasteiger partial charge on any atom is -0.277 e. The van der Waals surface area contributed by atoms with Gasteiger partial charge >= 0.3 is 0 Å². The Kier molecular flexibility index (Phi) is 3.49. The van der Waals surface area contributed by atoms with E-state index in [1.54, 1.807) is 31.2 Å². The van der Waals surface area contributed by atoms with Gasteiger partial charge in [0, 0.05) is 40.1 Å². The summed E-state index contributed by atoms with van der Waals surface area (Å²) in [4.78, 5) is 54.1. The van der Waals surface area contributed by atoms with Crippen molar-refractivity contribution in [3.8, 4) is 0 Å². The third-order valence-electron chi connectivity index (χ3n) is 5.80. The van der Waals surface area contributed by atoms with E-state index in [2.05, 4.69) is 0 Å². The summed E-state index contributed by atoms with van der Waals surface area (Å²) in [6.45, 7) is 1.81. The van der Waals surface area contributed by atoms with Gasteiger partial charge in [-0.15, -0.1) is 0 Å². The van der Waals surface area contributed by atoms with E-state index in [4.69, 9.17) is 0 Å². The van der Waals surface area contributed by atoms with Gasteiger partial charge in [0.2, 0.25) is 0 Å². The summed E-state index contributed by atoms with van der Waals surface area (Å²) in [7, 11) is 1.42. The summed E-state index contributed by atoms with van der Waals surface area (Å²) in [6.07, 6.45) is 0. The quantitative estimate of drug-likeness (QED) is 0.635. The first-order chi connectivity index (χ1) is 13.9. The van der Waals surface area contributed by atoms with Crippen LogP contribution in [0.25, 0.3) is 10.8 Å². The number of imide groups is 2. The Morgan fingerprint density at radius 2 is 1.03 bits per heavy atom. The molecule has 5 rings (SSSR count). The molecule has 0 spiro atoms. The van der Waals surface area contributed by atoms with Crippen molar-refractivity contribution in [1.29, 1.82) is 0 Å². The molecule has 3 aromatic rings. The standard InChI is InChI=1S/C23H16N2O4/c1-12(13-6-4-3-5-7-13)25-22(28)16-10-8-14-18-15(21(27)24(2)20(14)26)9-11-17(19(16)18)23(25)29/h3-12H,1-2H3. The Morgan fingerprint density at radius 3 is 1.48 bits per heavy atom. The largest absolute Gasteiger partial charge is 0.277 e. The number of carbonyl (C=O) groups is 4. The van der Waals surface area contributed by atoms with Gasteiger partial charge in [0.25, 0.3) is 23.6 Å². The number of nitrogens with zero attached hydrogens (tertiary/aromatic N) is 2. The molecular weight excluding hydrogens is 368 g/mol. The Morgan fingerprint density at radius 1 is 0.621 bits per heavy atom. The minimum absolute atomic E-state index is 0.327. The first kappa shape index (κ1) is 17.3. The molecule has 6 nitrogen and oxygen atoms in total. The summed E-state index contributed by atoms with van der Waals surface area (Å²) in [5.74, 6) is -1.74. The lowest BCUT2D eigenvalue weighted by molar-refractivity contribution is 0.0545. The van der Waals surface area contributed by atoms with Gasteiger partial charge in [-0.2, -0.15) is 0 Å². The molecule has 0 aromatic heterocycles. The maximum Gasteiger partial charge on any atom is 0.261 e. The Balaban J connectivity index is 1.75. The van der Waals surface area contributed by atoms with Gasteiger partial charge in [-0.25, -0.2) is 0 Å². The van der Waals surface area contributed by atoms with Crippen LogP contribution in [0.15, 0.2) is 54.6 Å². The number of rotatable bonds is 2. The van der Waals surface area contributed by atoms with Gasteiger partial charge in [-0.1, -0.05) is 30.3 Å². The van der Waals surface area contributed by atoms with Crippen LogP contribution in [-0.4, -0.2) is 40.5 Å². The zero-order valence-electron chi connectivity index (χ0n) is 15.8. The van der Waals surface area contributed by atoms with Crippen LogP contribution in [0.1, 0.15) is 60.0 Å². The van der Waals surface area contributed by atoms with E-state index in [1.165, 1.54) is 11.9 Å². The van der Waals surface area contributed by atoms with Gasteiger partial charge < -0.3 is 0 Å². The fraction of sp³-hybridized carbons (Fsp3) is 0.130. The second kappa shape index (κ2) is 5.85. The van der Waals surface area contributed by atoms with Crippen molar-refractivity contribution in [1.82, 2.24) is 9.80 Å². The van der Waals surface area contributed by atoms with Gasteiger partial charge in [0.1, 0.15) is 0 Å². The Hall–Kier alpha value is -3.80. The van der Waals surface area contributed by atoms with Crippen molar-refractivity contribution in [3.05, 3.63) is 82.4 Å². The van der Waals surface area contributed by atoms with Crippen LogP contribution >= 0.6 is 0 Å². The zero-order valence-corrected chi connectivity index (χ0v) is 15.8. The maximum atomic E-state index is 13.3. The monoisotopic (exact) mass is 384 g/mol. The highest BCUT2D eigenvalue weighted by Gasteiger charge is 2.40. The maximum absolute atomic E-state index is 13.3.